The molecule has 0 aromatic carbocycles. The third kappa shape index (κ3) is 37.9. The van der Waals surface area contributed by atoms with Crippen LogP contribution in [0.2, 0.25) is 0 Å². The van der Waals surface area contributed by atoms with Crippen LogP contribution in [0.1, 0.15) is 0 Å². The largest absolute Gasteiger partial charge is 0.197 e. The van der Waals surface area contributed by atoms with Crippen molar-refractivity contribution >= 4 is 120 Å². The Kier molecular flexibility index (Phi) is 432. The van der Waals surface area contributed by atoms with Crippen LogP contribution in [0, 0.1) is 0 Å². The van der Waals surface area contributed by atoms with Gasteiger partial charge in [0.05, 0.1) is 0 Å². The standard InChI is InChI=1S/B.Bi.Li.Mg.Na.H2S.Ta/h;;;;;1H2;. The third-order valence-corrected chi connectivity index (χ3v) is 0. The van der Waals surface area contributed by atoms with Crippen molar-refractivity contribution in [3.05, 3.63) is 0 Å². The van der Waals surface area contributed by atoms with Crippen LogP contribution >= 0.6 is 13.5 Å². The van der Waals surface area contributed by atoms with Gasteiger partial charge in [0.2, 0.25) is 0 Å². The van der Waals surface area contributed by atoms with Crippen molar-refractivity contribution < 1.29 is 22.4 Å². The minimum absolute atomic E-state index is 0. The molecular formula is H2BBiLiMgNaSTa. The normalized spacial score (nSPS) is 0. The van der Waals surface area contributed by atoms with Crippen molar-refractivity contribution in [1.29, 1.82) is 0 Å². The van der Waals surface area contributed by atoms with E-state index < -0.39 is 0 Å². The number of hydrogen-bond acceptors (Lipinski definition) is 0. The minimum Gasteiger partial charge on any atom is -0.197 e. The molecular weight excluding hydrogens is 487 g/mol. The zero-order valence-corrected chi connectivity index (χ0v) is 15.8. The van der Waals surface area contributed by atoms with E-state index in [1.807, 2.05) is 0 Å². The van der Waals surface area contributed by atoms with Crippen LogP contribution in [0.4, 0.5) is 0 Å². The van der Waals surface area contributed by atoms with E-state index in [0.29, 0.717) is 0 Å². The van der Waals surface area contributed by atoms with Gasteiger partial charge in [0.25, 0.3) is 0 Å². The van der Waals surface area contributed by atoms with E-state index in [1.54, 1.807) is 0 Å². The third-order valence-electron chi connectivity index (χ3n) is 0. The summed E-state index contributed by atoms with van der Waals surface area (Å²) >= 11 is 0. The smallest absolute Gasteiger partial charge is 0 e. The topological polar surface area (TPSA) is 0 Å². The van der Waals surface area contributed by atoms with Gasteiger partial charge in [0.1, 0.15) is 0 Å². The van der Waals surface area contributed by atoms with Gasteiger partial charge in [-0.05, 0) is 0 Å². The molecule has 7 heteroatoms. The Balaban J connectivity index is 0. The monoisotopic (exact) mass is 489 g/mol. The Labute approximate surface area is 139 Å². The van der Waals surface area contributed by atoms with Crippen molar-refractivity contribution in [3.63, 3.8) is 0 Å². The zero-order valence-electron chi connectivity index (χ0n) is 4.68. The molecule has 7 heavy (non-hydrogen) atoms. The Morgan fingerprint density at radius 1 is 1.00 bits per heavy atom. The van der Waals surface area contributed by atoms with Gasteiger partial charge in [-0.3, -0.25) is 0 Å². The van der Waals surface area contributed by atoms with E-state index in [0.717, 1.165) is 0 Å². The molecule has 25 valence electrons. The molecule has 0 spiro atoms. The molecule has 0 nitrogen and oxygen atoms in total. The quantitative estimate of drug-likeness (QED) is 0.353. The van der Waals surface area contributed by atoms with E-state index >= 15 is 0 Å². The minimum atomic E-state index is 0. The van der Waals surface area contributed by atoms with Crippen molar-refractivity contribution in [2.45, 2.75) is 0 Å². The van der Waals surface area contributed by atoms with Crippen molar-refractivity contribution in [1.82, 2.24) is 0 Å². The fourth-order valence-electron chi connectivity index (χ4n) is 0. The summed E-state index contributed by atoms with van der Waals surface area (Å²) in [5, 5.41) is 0. The molecule has 0 aliphatic heterocycles. The summed E-state index contributed by atoms with van der Waals surface area (Å²) < 4.78 is 0. The molecule has 0 unspecified atom stereocenters. The van der Waals surface area contributed by atoms with E-state index in [4.69, 9.17) is 0 Å². The molecule has 0 fully saturated rings. The molecule has 0 amide bonds. The summed E-state index contributed by atoms with van der Waals surface area (Å²) in [4.78, 5) is 0. The second-order valence-corrected chi connectivity index (χ2v) is 0. The number of hydrogen-bond donors (Lipinski definition) is 0. The van der Waals surface area contributed by atoms with Gasteiger partial charge >= 0.3 is 0 Å². The molecule has 11 radical (unpaired) electrons. The van der Waals surface area contributed by atoms with Crippen LogP contribution < -0.4 is 0 Å². The van der Waals surface area contributed by atoms with Crippen LogP contribution in [-0.2, 0) is 22.4 Å². The van der Waals surface area contributed by atoms with Crippen LogP contribution in [0.15, 0.2) is 0 Å². The predicted octanol–water partition coefficient (Wildman–Crippen LogP) is -1.79. The maximum atomic E-state index is 0. The first-order chi connectivity index (χ1) is 0. The van der Waals surface area contributed by atoms with E-state index in [9.17, 15) is 0 Å². The summed E-state index contributed by atoms with van der Waals surface area (Å²) in [6, 6.07) is 0. The molecule has 0 aromatic rings. The summed E-state index contributed by atoms with van der Waals surface area (Å²) in [5.74, 6) is 0. The average molecular weight is 489 g/mol. The van der Waals surface area contributed by atoms with Gasteiger partial charge in [-0.2, -0.15) is 13.5 Å². The van der Waals surface area contributed by atoms with Crippen molar-refractivity contribution in [2.75, 3.05) is 0 Å². The second kappa shape index (κ2) is 47.5. The molecule has 0 saturated heterocycles. The van der Waals surface area contributed by atoms with Gasteiger partial charge < -0.3 is 0 Å². The fraction of sp³-hybridized carbons (Fsp3) is 0. The first-order valence-corrected chi connectivity index (χ1v) is 0. The average Bonchev–Trinajstić information content (AvgIpc) is 0. The Hall–Kier alpha value is 4.40. The second-order valence-electron chi connectivity index (χ2n) is 0. The maximum absolute atomic E-state index is 0. The molecule has 0 bridgehead atoms. The summed E-state index contributed by atoms with van der Waals surface area (Å²) in [7, 11) is 0. The summed E-state index contributed by atoms with van der Waals surface area (Å²) in [6.45, 7) is 0. The molecule has 0 aliphatic rings. The fourth-order valence-corrected chi connectivity index (χ4v) is 0. The molecule has 0 heterocycles. The first kappa shape index (κ1) is 63.7. The van der Waals surface area contributed by atoms with Crippen molar-refractivity contribution in [2.24, 2.45) is 0 Å². The van der Waals surface area contributed by atoms with Crippen molar-refractivity contribution in [3.8, 4) is 0 Å². The van der Waals surface area contributed by atoms with Crippen LogP contribution in [0.3, 0.4) is 0 Å². The summed E-state index contributed by atoms with van der Waals surface area (Å²) in [6.07, 6.45) is 0. The molecule has 0 atom stereocenters. The Morgan fingerprint density at radius 2 is 1.00 bits per heavy atom. The summed E-state index contributed by atoms with van der Waals surface area (Å²) in [5.41, 5.74) is 0. The molecule has 0 rings (SSSR count). The molecule has 0 aliphatic carbocycles. The Morgan fingerprint density at radius 3 is 1.00 bits per heavy atom. The van der Waals surface area contributed by atoms with Gasteiger partial charge in [0.15, 0.2) is 0 Å². The Bertz CT molecular complexity index is 19.7. The molecule has 0 aromatic heterocycles. The molecule has 0 N–H and O–H groups in total. The first-order valence-electron chi connectivity index (χ1n) is 0. The van der Waals surface area contributed by atoms with Gasteiger partial charge in [-0.1, -0.05) is 0 Å². The van der Waals surface area contributed by atoms with E-state index in [1.165, 1.54) is 0 Å². The van der Waals surface area contributed by atoms with Crippen LogP contribution in [0.5, 0.6) is 0 Å². The molecule has 0 saturated carbocycles. The van der Waals surface area contributed by atoms with Gasteiger partial charge in [-0.25, -0.2) is 0 Å². The van der Waals surface area contributed by atoms with Gasteiger partial charge in [-0.15, -0.1) is 0 Å². The van der Waals surface area contributed by atoms with Crippen LogP contribution in [0.25, 0.3) is 0 Å². The zero-order chi connectivity index (χ0) is 0. The SMILES string of the molecule is S.[B].[Bi].[Li].[Mg].[Na].[Ta]. The predicted molar refractivity (Wildman–Crippen MR) is 39.2 cm³/mol. The van der Waals surface area contributed by atoms with Crippen LogP contribution in [-0.4, -0.2) is 106 Å². The van der Waals surface area contributed by atoms with Gasteiger partial charge in [0, 0.05) is 128 Å². The van der Waals surface area contributed by atoms with E-state index in [2.05, 4.69) is 0 Å². The maximum Gasteiger partial charge on any atom is 0 e. The number of rotatable bonds is 0. The van der Waals surface area contributed by atoms with E-state index in [-0.39, 0.29) is 142 Å².